The maximum absolute atomic E-state index is 13.0. The summed E-state index contributed by atoms with van der Waals surface area (Å²) in [5.41, 5.74) is 1.31. The van der Waals surface area contributed by atoms with Crippen molar-refractivity contribution >= 4 is 22.8 Å². The zero-order valence-corrected chi connectivity index (χ0v) is 14.1. The van der Waals surface area contributed by atoms with Gasteiger partial charge in [-0.15, -0.1) is 6.58 Å². The number of rotatable bonds is 6. The normalized spacial score (nSPS) is 14.5. The van der Waals surface area contributed by atoms with Gasteiger partial charge >= 0.3 is 0 Å². The van der Waals surface area contributed by atoms with E-state index in [1.54, 1.807) is 10.6 Å². The number of nitrogens with one attached hydrogen (secondary N) is 1. The number of hydrogen-bond acceptors (Lipinski definition) is 5. The summed E-state index contributed by atoms with van der Waals surface area (Å²) in [6, 6.07) is 7.50. The molecule has 3 rings (SSSR count). The minimum atomic E-state index is -0.169. The van der Waals surface area contributed by atoms with Gasteiger partial charge in [-0.2, -0.15) is 0 Å². The molecule has 132 valence electrons. The highest BCUT2D eigenvalue weighted by atomic mass is 16.5. The van der Waals surface area contributed by atoms with Crippen LogP contribution in [0.1, 0.15) is 6.42 Å². The SMILES string of the molecule is C=CCNC(=O)CCn1c(=O)c(N2CCOCC2)nc2ccccc21. The van der Waals surface area contributed by atoms with Crippen molar-refractivity contribution in [3.8, 4) is 0 Å². The summed E-state index contributed by atoms with van der Waals surface area (Å²) in [4.78, 5) is 31.4. The lowest BCUT2D eigenvalue weighted by atomic mass is 10.2. The molecule has 0 bridgehead atoms. The van der Waals surface area contributed by atoms with E-state index in [0.717, 1.165) is 11.0 Å². The van der Waals surface area contributed by atoms with E-state index in [-0.39, 0.29) is 17.9 Å². The van der Waals surface area contributed by atoms with Crippen LogP contribution in [0.25, 0.3) is 11.0 Å². The summed E-state index contributed by atoms with van der Waals surface area (Å²) in [5.74, 6) is 0.314. The van der Waals surface area contributed by atoms with Gasteiger partial charge in [0.25, 0.3) is 5.56 Å². The highest BCUT2D eigenvalue weighted by Crippen LogP contribution is 2.15. The number of carbonyl (C=O) groups excluding carboxylic acids is 1. The second kappa shape index (κ2) is 7.94. The van der Waals surface area contributed by atoms with Crippen molar-refractivity contribution in [3.05, 3.63) is 47.3 Å². The molecule has 1 aromatic heterocycles. The molecular formula is C18H22N4O3. The molecule has 0 radical (unpaired) electrons. The van der Waals surface area contributed by atoms with Crippen molar-refractivity contribution in [2.75, 3.05) is 37.7 Å². The zero-order chi connectivity index (χ0) is 17.6. The number of amides is 1. The van der Waals surface area contributed by atoms with Gasteiger partial charge in [0.1, 0.15) is 0 Å². The van der Waals surface area contributed by atoms with Crippen molar-refractivity contribution in [2.45, 2.75) is 13.0 Å². The Morgan fingerprint density at radius 1 is 1.32 bits per heavy atom. The number of benzene rings is 1. The summed E-state index contributed by atoms with van der Waals surface area (Å²) in [7, 11) is 0. The number of para-hydroxylation sites is 2. The van der Waals surface area contributed by atoms with Crippen molar-refractivity contribution < 1.29 is 9.53 Å². The van der Waals surface area contributed by atoms with Gasteiger partial charge in [-0.1, -0.05) is 18.2 Å². The van der Waals surface area contributed by atoms with E-state index < -0.39 is 0 Å². The average molecular weight is 342 g/mol. The third kappa shape index (κ3) is 3.88. The van der Waals surface area contributed by atoms with E-state index in [0.29, 0.717) is 45.2 Å². The van der Waals surface area contributed by atoms with E-state index in [9.17, 15) is 9.59 Å². The number of aryl methyl sites for hydroxylation is 1. The number of carbonyl (C=O) groups is 1. The summed E-state index contributed by atoms with van der Waals surface area (Å²) in [6.45, 7) is 6.74. The van der Waals surface area contributed by atoms with Crippen molar-refractivity contribution in [3.63, 3.8) is 0 Å². The van der Waals surface area contributed by atoms with E-state index in [1.807, 2.05) is 29.2 Å². The van der Waals surface area contributed by atoms with Crippen LogP contribution in [0, 0.1) is 0 Å². The minimum Gasteiger partial charge on any atom is -0.378 e. The molecule has 1 N–H and O–H groups in total. The molecule has 0 atom stereocenters. The molecule has 1 aliphatic heterocycles. The van der Waals surface area contributed by atoms with Gasteiger partial charge in [-0.25, -0.2) is 4.98 Å². The van der Waals surface area contributed by atoms with Crippen LogP contribution in [0.2, 0.25) is 0 Å². The minimum absolute atomic E-state index is 0.111. The first kappa shape index (κ1) is 17.2. The number of fused-ring (bicyclic) bond motifs is 1. The molecule has 1 aromatic carbocycles. The number of aromatic nitrogens is 2. The van der Waals surface area contributed by atoms with E-state index in [2.05, 4.69) is 16.9 Å². The van der Waals surface area contributed by atoms with Crippen LogP contribution in [0.5, 0.6) is 0 Å². The Hall–Kier alpha value is -2.67. The molecule has 1 saturated heterocycles. The highest BCUT2D eigenvalue weighted by Gasteiger charge is 2.19. The van der Waals surface area contributed by atoms with Crippen LogP contribution >= 0.6 is 0 Å². The molecule has 1 aliphatic rings. The van der Waals surface area contributed by atoms with Crippen LogP contribution in [-0.4, -0.2) is 48.3 Å². The lowest BCUT2D eigenvalue weighted by Gasteiger charge is -2.28. The fourth-order valence-electron chi connectivity index (χ4n) is 2.87. The van der Waals surface area contributed by atoms with E-state index in [4.69, 9.17) is 4.74 Å². The van der Waals surface area contributed by atoms with Gasteiger partial charge in [0.15, 0.2) is 5.82 Å². The van der Waals surface area contributed by atoms with E-state index >= 15 is 0 Å². The average Bonchev–Trinajstić information content (AvgIpc) is 2.66. The molecule has 2 heterocycles. The Morgan fingerprint density at radius 2 is 2.08 bits per heavy atom. The third-order valence-electron chi connectivity index (χ3n) is 4.15. The quantitative estimate of drug-likeness (QED) is 0.790. The predicted molar refractivity (Wildman–Crippen MR) is 96.9 cm³/mol. The monoisotopic (exact) mass is 342 g/mol. The smallest absolute Gasteiger partial charge is 0.294 e. The third-order valence-corrected chi connectivity index (χ3v) is 4.15. The fraction of sp³-hybridized carbons (Fsp3) is 0.389. The largest absolute Gasteiger partial charge is 0.378 e. The van der Waals surface area contributed by atoms with Gasteiger partial charge in [-0.3, -0.25) is 9.59 Å². The van der Waals surface area contributed by atoms with Crippen LogP contribution in [0.15, 0.2) is 41.7 Å². The highest BCUT2D eigenvalue weighted by molar-refractivity contribution is 5.78. The molecule has 25 heavy (non-hydrogen) atoms. The van der Waals surface area contributed by atoms with Crippen molar-refractivity contribution in [2.24, 2.45) is 0 Å². The van der Waals surface area contributed by atoms with Gasteiger partial charge < -0.3 is 19.5 Å². The van der Waals surface area contributed by atoms with E-state index in [1.165, 1.54) is 0 Å². The van der Waals surface area contributed by atoms with Gasteiger partial charge in [0, 0.05) is 32.6 Å². The second-order valence-corrected chi connectivity index (χ2v) is 5.82. The molecule has 1 amide bonds. The molecule has 7 heteroatoms. The summed E-state index contributed by atoms with van der Waals surface area (Å²) < 4.78 is 7.00. The van der Waals surface area contributed by atoms with Crippen LogP contribution < -0.4 is 15.8 Å². The van der Waals surface area contributed by atoms with Gasteiger partial charge in [0.05, 0.1) is 24.2 Å². The summed E-state index contributed by atoms with van der Waals surface area (Å²) >= 11 is 0. The number of nitrogens with zero attached hydrogens (tertiary/aromatic N) is 3. The molecule has 0 unspecified atom stereocenters. The van der Waals surface area contributed by atoms with Crippen molar-refractivity contribution in [1.29, 1.82) is 0 Å². The Kier molecular flexibility index (Phi) is 5.45. The Bertz CT molecular complexity index is 825. The lowest BCUT2D eigenvalue weighted by molar-refractivity contribution is -0.121. The van der Waals surface area contributed by atoms with Crippen LogP contribution in [0.4, 0.5) is 5.82 Å². The standard InChI is InChI=1S/C18H22N4O3/c1-2-8-19-16(23)7-9-22-15-6-4-3-5-14(15)20-17(18(22)24)21-10-12-25-13-11-21/h2-6H,1,7-13H2,(H,19,23). The van der Waals surface area contributed by atoms with Crippen molar-refractivity contribution in [1.82, 2.24) is 14.9 Å². The Morgan fingerprint density at radius 3 is 2.84 bits per heavy atom. The first-order valence-electron chi connectivity index (χ1n) is 8.40. The fourth-order valence-corrected chi connectivity index (χ4v) is 2.87. The summed E-state index contributed by atoms with van der Waals surface area (Å²) in [6.07, 6.45) is 1.85. The number of morpholine rings is 1. The number of ether oxygens (including phenoxy) is 1. The molecule has 2 aromatic rings. The lowest BCUT2D eigenvalue weighted by Crippen LogP contribution is -2.41. The molecule has 7 nitrogen and oxygen atoms in total. The number of anilines is 1. The van der Waals surface area contributed by atoms with Crippen LogP contribution in [0.3, 0.4) is 0 Å². The maximum Gasteiger partial charge on any atom is 0.294 e. The topological polar surface area (TPSA) is 76.5 Å². The molecule has 0 aliphatic carbocycles. The summed E-state index contributed by atoms with van der Waals surface area (Å²) in [5, 5.41) is 2.73. The Balaban J connectivity index is 1.94. The first-order valence-corrected chi connectivity index (χ1v) is 8.40. The molecule has 0 spiro atoms. The molecule has 1 fully saturated rings. The zero-order valence-electron chi connectivity index (χ0n) is 14.1. The molecular weight excluding hydrogens is 320 g/mol. The predicted octanol–water partition coefficient (Wildman–Crippen LogP) is 0.925. The van der Waals surface area contributed by atoms with Gasteiger partial charge in [0.2, 0.25) is 5.91 Å². The molecule has 0 saturated carbocycles. The number of hydrogen-bond donors (Lipinski definition) is 1. The Labute approximate surface area is 145 Å². The second-order valence-electron chi connectivity index (χ2n) is 5.82. The first-order chi connectivity index (χ1) is 12.2. The maximum atomic E-state index is 13.0. The van der Waals surface area contributed by atoms with Crippen LogP contribution in [-0.2, 0) is 16.1 Å². The van der Waals surface area contributed by atoms with Gasteiger partial charge in [-0.05, 0) is 12.1 Å².